The van der Waals surface area contributed by atoms with Gasteiger partial charge in [-0.1, -0.05) is 25.5 Å². The number of amides is 1. The van der Waals surface area contributed by atoms with Crippen LogP contribution in [-0.2, 0) is 16.4 Å². The van der Waals surface area contributed by atoms with Crippen LogP contribution < -0.4 is 14.8 Å². The van der Waals surface area contributed by atoms with E-state index in [4.69, 9.17) is 4.74 Å². The van der Waals surface area contributed by atoms with E-state index in [-0.39, 0.29) is 17.3 Å². The summed E-state index contributed by atoms with van der Waals surface area (Å²) in [5.41, 5.74) is 1.46. The van der Waals surface area contributed by atoms with E-state index in [0.717, 1.165) is 24.2 Å². The highest BCUT2D eigenvalue weighted by Gasteiger charge is 2.14. The summed E-state index contributed by atoms with van der Waals surface area (Å²) >= 11 is 0. The zero-order chi connectivity index (χ0) is 19.7. The lowest BCUT2D eigenvalue weighted by Gasteiger charge is -2.09. The molecule has 6 nitrogen and oxygen atoms in total. The molecule has 0 aliphatic rings. The molecule has 0 aliphatic carbocycles. The number of hydrogen-bond acceptors (Lipinski definition) is 4. The van der Waals surface area contributed by atoms with Crippen LogP contribution in [0.15, 0.2) is 53.4 Å². The molecule has 0 bridgehead atoms. The first-order valence-corrected chi connectivity index (χ1v) is 10.5. The minimum absolute atomic E-state index is 0.141. The first kappa shape index (κ1) is 20.9. The van der Waals surface area contributed by atoms with Crippen molar-refractivity contribution in [2.75, 3.05) is 20.2 Å². The van der Waals surface area contributed by atoms with Crippen LogP contribution in [0.4, 0.5) is 0 Å². The minimum Gasteiger partial charge on any atom is -0.497 e. The van der Waals surface area contributed by atoms with Gasteiger partial charge < -0.3 is 10.1 Å². The number of benzene rings is 2. The van der Waals surface area contributed by atoms with Gasteiger partial charge in [-0.25, -0.2) is 13.1 Å². The normalized spacial score (nSPS) is 11.2. The summed E-state index contributed by atoms with van der Waals surface area (Å²) in [6.07, 6.45) is 2.48. The zero-order valence-corrected chi connectivity index (χ0v) is 16.5. The molecule has 2 rings (SSSR count). The van der Waals surface area contributed by atoms with Crippen LogP contribution in [0.1, 0.15) is 35.7 Å². The molecule has 1 amide bonds. The van der Waals surface area contributed by atoms with Crippen LogP contribution >= 0.6 is 0 Å². The number of hydrogen-bond donors (Lipinski definition) is 2. The Labute approximate surface area is 161 Å². The SMILES string of the molecule is CCCCNC(=O)c1ccc(S(=O)(=O)NCCc2ccc(OC)cc2)cc1. The fraction of sp³-hybridized carbons (Fsp3) is 0.350. The predicted octanol–water partition coefficient (Wildman–Crippen LogP) is 2.75. The number of carbonyl (C=O) groups excluding carboxylic acids is 1. The smallest absolute Gasteiger partial charge is 0.251 e. The summed E-state index contributed by atoms with van der Waals surface area (Å²) in [6, 6.07) is 13.4. The van der Waals surface area contributed by atoms with E-state index in [2.05, 4.69) is 10.0 Å². The second-order valence-corrected chi connectivity index (χ2v) is 7.90. The Hall–Kier alpha value is -2.38. The summed E-state index contributed by atoms with van der Waals surface area (Å²) < 4.78 is 32.4. The van der Waals surface area contributed by atoms with E-state index in [9.17, 15) is 13.2 Å². The summed E-state index contributed by atoms with van der Waals surface area (Å²) in [5.74, 6) is 0.568. The van der Waals surface area contributed by atoms with Crippen molar-refractivity contribution in [3.05, 3.63) is 59.7 Å². The highest BCUT2D eigenvalue weighted by Crippen LogP contribution is 2.13. The predicted molar refractivity (Wildman–Crippen MR) is 106 cm³/mol. The molecule has 0 spiro atoms. The lowest BCUT2D eigenvalue weighted by Crippen LogP contribution is -2.26. The van der Waals surface area contributed by atoms with E-state index >= 15 is 0 Å². The summed E-state index contributed by atoms with van der Waals surface area (Å²) in [6.45, 7) is 2.95. The van der Waals surface area contributed by atoms with Gasteiger partial charge in [-0.2, -0.15) is 0 Å². The molecule has 0 saturated heterocycles. The Balaban J connectivity index is 1.90. The maximum Gasteiger partial charge on any atom is 0.251 e. The standard InChI is InChI=1S/C20H26N2O4S/c1-3-4-14-21-20(23)17-7-11-19(12-8-17)27(24,25)22-15-13-16-5-9-18(26-2)10-6-16/h5-12,22H,3-4,13-15H2,1-2H3,(H,21,23). The molecule has 2 N–H and O–H groups in total. The van der Waals surface area contributed by atoms with Crippen molar-refractivity contribution in [3.8, 4) is 5.75 Å². The van der Waals surface area contributed by atoms with E-state index in [1.165, 1.54) is 24.3 Å². The molecule has 0 saturated carbocycles. The van der Waals surface area contributed by atoms with E-state index < -0.39 is 10.0 Å². The zero-order valence-electron chi connectivity index (χ0n) is 15.7. The van der Waals surface area contributed by atoms with Crippen molar-refractivity contribution in [3.63, 3.8) is 0 Å². The van der Waals surface area contributed by atoms with Gasteiger partial charge in [0.05, 0.1) is 12.0 Å². The lowest BCUT2D eigenvalue weighted by molar-refractivity contribution is 0.0953. The largest absolute Gasteiger partial charge is 0.497 e. The van der Waals surface area contributed by atoms with Gasteiger partial charge in [-0.15, -0.1) is 0 Å². The number of carbonyl (C=O) groups is 1. The molecule has 0 heterocycles. The molecule has 0 aliphatic heterocycles. The number of methoxy groups -OCH3 is 1. The van der Waals surface area contributed by atoms with Gasteiger partial charge >= 0.3 is 0 Å². The first-order chi connectivity index (χ1) is 13.0. The third-order valence-corrected chi connectivity index (χ3v) is 5.58. The quantitative estimate of drug-likeness (QED) is 0.611. The van der Waals surface area contributed by atoms with Crippen molar-refractivity contribution in [1.82, 2.24) is 10.0 Å². The van der Waals surface area contributed by atoms with Crippen molar-refractivity contribution in [2.45, 2.75) is 31.1 Å². The van der Waals surface area contributed by atoms with Crippen molar-refractivity contribution < 1.29 is 17.9 Å². The molecular weight excluding hydrogens is 364 g/mol. The van der Waals surface area contributed by atoms with E-state index in [1.54, 1.807) is 7.11 Å². The fourth-order valence-corrected chi connectivity index (χ4v) is 3.50. The van der Waals surface area contributed by atoms with Gasteiger partial charge in [0.25, 0.3) is 5.91 Å². The maximum absolute atomic E-state index is 12.4. The van der Waals surface area contributed by atoms with Crippen LogP contribution in [0.25, 0.3) is 0 Å². The van der Waals surface area contributed by atoms with Crippen molar-refractivity contribution in [1.29, 1.82) is 0 Å². The van der Waals surface area contributed by atoms with Gasteiger partial charge in [0, 0.05) is 18.7 Å². The molecule has 27 heavy (non-hydrogen) atoms. The maximum atomic E-state index is 12.4. The Kier molecular flexibility index (Phi) is 7.82. The van der Waals surface area contributed by atoms with Crippen LogP contribution in [0.5, 0.6) is 5.75 Å². The Morgan fingerprint density at radius 2 is 1.67 bits per heavy atom. The first-order valence-electron chi connectivity index (χ1n) is 8.97. The molecule has 2 aromatic carbocycles. The Morgan fingerprint density at radius 1 is 1.00 bits per heavy atom. The monoisotopic (exact) mass is 390 g/mol. The summed E-state index contributed by atoms with van der Waals surface area (Å²) in [7, 11) is -2.01. The molecule has 7 heteroatoms. The third-order valence-electron chi connectivity index (χ3n) is 4.11. The second kappa shape index (κ2) is 10.1. The number of sulfonamides is 1. The summed E-state index contributed by atoms with van der Waals surface area (Å²) in [4.78, 5) is 12.1. The van der Waals surface area contributed by atoms with Crippen molar-refractivity contribution >= 4 is 15.9 Å². The minimum atomic E-state index is -3.61. The lowest BCUT2D eigenvalue weighted by atomic mass is 10.1. The number of nitrogens with one attached hydrogen (secondary N) is 2. The van der Waals surface area contributed by atoms with Crippen LogP contribution in [0, 0.1) is 0 Å². The third kappa shape index (κ3) is 6.37. The Morgan fingerprint density at radius 3 is 2.26 bits per heavy atom. The Bertz CT molecular complexity index is 831. The molecule has 0 unspecified atom stereocenters. The number of unbranched alkanes of at least 4 members (excludes halogenated alkanes) is 1. The van der Waals surface area contributed by atoms with Gasteiger partial charge in [-0.05, 0) is 54.8 Å². The average Bonchev–Trinajstić information content (AvgIpc) is 2.68. The topological polar surface area (TPSA) is 84.5 Å². The van der Waals surface area contributed by atoms with Crippen LogP contribution in [0.2, 0.25) is 0 Å². The van der Waals surface area contributed by atoms with E-state index in [1.807, 2.05) is 31.2 Å². The molecule has 146 valence electrons. The fourth-order valence-electron chi connectivity index (χ4n) is 2.47. The van der Waals surface area contributed by atoms with Gasteiger partial charge in [0.1, 0.15) is 5.75 Å². The highest BCUT2D eigenvalue weighted by molar-refractivity contribution is 7.89. The molecule has 0 fully saturated rings. The molecule has 0 radical (unpaired) electrons. The van der Waals surface area contributed by atoms with Gasteiger partial charge in [0.2, 0.25) is 10.0 Å². The molecule has 0 aromatic heterocycles. The molecule has 2 aromatic rings. The summed E-state index contributed by atoms with van der Waals surface area (Å²) in [5, 5.41) is 2.81. The average molecular weight is 391 g/mol. The van der Waals surface area contributed by atoms with Crippen LogP contribution in [0.3, 0.4) is 0 Å². The van der Waals surface area contributed by atoms with E-state index in [0.29, 0.717) is 18.5 Å². The van der Waals surface area contributed by atoms with Crippen molar-refractivity contribution in [2.24, 2.45) is 0 Å². The van der Waals surface area contributed by atoms with Crippen LogP contribution in [-0.4, -0.2) is 34.5 Å². The number of rotatable bonds is 10. The van der Waals surface area contributed by atoms with Gasteiger partial charge in [0.15, 0.2) is 0 Å². The number of ether oxygens (including phenoxy) is 1. The molecule has 0 atom stereocenters. The van der Waals surface area contributed by atoms with Gasteiger partial charge in [-0.3, -0.25) is 4.79 Å². The molecular formula is C20H26N2O4S. The second-order valence-electron chi connectivity index (χ2n) is 6.13. The highest BCUT2D eigenvalue weighted by atomic mass is 32.2.